The van der Waals surface area contributed by atoms with Crippen LogP contribution in [-0.4, -0.2) is 16.9 Å². The fourth-order valence-corrected chi connectivity index (χ4v) is 1.79. The quantitative estimate of drug-likeness (QED) is 0.362. The van der Waals surface area contributed by atoms with Crippen LogP contribution in [0.2, 0.25) is 0 Å². The number of hydrogen-bond donors (Lipinski definition) is 1. The molecule has 0 aliphatic carbocycles. The van der Waals surface area contributed by atoms with Crippen molar-refractivity contribution in [1.82, 2.24) is 0 Å². The average Bonchev–Trinajstić information content (AvgIpc) is 2.61. The first kappa shape index (κ1) is 24.8. The van der Waals surface area contributed by atoms with Crippen LogP contribution in [-0.2, 0) is 9.59 Å². The van der Waals surface area contributed by atoms with Gasteiger partial charge in [-0.2, -0.15) is 0 Å². The summed E-state index contributed by atoms with van der Waals surface area (Å²) in [5, 5.41) is 8.57. The van der Waals surface area contributed by atoms with E-state index in [2.05, 4.69) is 0 Å². The van der Waals surface area contributed by atoms with E-state index in [0.29, 0.717) is 0 Å². The smallest absolute Gasteiger partial charge is 0.328 e. The molecular formula is C25H30O3. The second kappa shape index (κ2) is 14.9. The lowest BCUT2D eigenvalue weighted by atomic mass is 10.2. The summed E-state index contributed by atoms with van der Waals surface area (Å²) < 4.78 is 0. The molecule has 0 fully saturated rings. The molecule has 148 valence electrons. The zero-order chi connectivity index (χ0) is 21.4. The van der Waals surface area contributed by atoms with Gasteiger partial charge in [0.25, 0.3) is 0 Å². The lowest BCUT2D eigenvalue weighted by Crippen LogP contribution is -1.85. The molecule has 0 aliphatic rings. The van der Waals surface area contributed by atoms with Gasteiger partial charge in [0.2, 0.25) is 0 Å². The van der Waals surface area contributed by atoms with Crippen molar-refractivity contribution in [2.75, 3.05) is 0 Å². The first-order valence-corrected chi connectivity index (χ1v) is 9.02. The summed E-state index contributed by atoms with van der Waals surface area (Å²) in [7, 11) is 0. The van der Waals surface area contributed by atoms with Crippen molar-refractivity contribution < 1.29 is 14.7 Å². The minimum absolute atomic E-state index is 0.0392. The number of aliphatic carboxylic acids is 1. The lowest BCUT2D eigenvalue weighted by Gasteiger charge is -1.90. The second-order valence-electron chi connectivity index (χ2n) is 6.36. The van der Waals surface area contributed by atoms with E-state index in [1.54, 1.807) is 18.2 Å². The highest BCUT2D eigenvalue weighted by molar-refractivity contribution is 5.87. The Balaban J connectivity index is 4.66. The number of carbonyl (C=O) groups is 2. The van der Waals surface area contributed by atoms with Crippen LogP contribution in [0.25, 0.3) is 0 Å². The largest absolute Gasteiger partial charge is 0.478 e. The summed E-state index contributed by atoms with van der Waals surface area (Å²) >= 11 is 0. The van der Waals surface area contributed by atoms with E-state index in [1.165, 1.54) is 6.92 Å². The van der Waals surface area contributed by atoms with Crippen molar-refractivity contribution in [1.29, 1.82) is 0 Å². The minimum atomic E-state index is -0.952. The summed E-state index contributed by atoms with van der Waals surface area (Å²) in [5.74, 6) is -0.913. The SMILES string of the molecule is CC(=O)/C=C/C(C)=C\C=C\C(C)=C\C=C\C=C(C)\C=C\C=C(C)\C=C\C(=O)O. The molecule has 0 aromatic heterocycles. The summed E-state index contributed by atoms with van der Waals surface area (Å²) in [6, 6.07) is 0. The highest BCUT2D eigenvalue weighted by Gasteiger charge is 1.86. The topological polar surface area (TPSA) is 54.4 Å². The third kappa shape index (κ3) is 16.3. The molecule has 0 rings (SSSR count). The average molecular weight is 379 g/mol. The van der Waals surface area contributed by atoms with Crippen LogP contribution in [0.1, 0.15) is 34.6 Å². The van der Waals surface area contributed by atoms with Crippen LogP contribution >= 0.6 is 0 Å². The van der Waals surface area contributed by atoms with Crippen molar-refractivity contribution >= 4 is 11.8 Å². The highest BCUT2D eigenvalue weighted by Crippen LogP contribution is 2.02. The van der Waals surface area contributed by atoms with Gasteiger partial charge in [0.15, 0.2) is 5.78 Å². The number of rotatable bonds is 10. The van der Waals surface area contributed by atoms with Gasteiger partial charge in [-0.05, 0) is 40.7 Å². The summed E-state index contributed by atoms with van der Waals surface area (Å²) in [6.07, 6.45) is 25.6. The zero-order valence-electron chi connectivity index (χ0n) is 17.3. The van der Waals surface area contributed by atoms with Gasteiger partial charge in [0, 0.05) is 6.08 Å². The molecule has 0 unspecified atom stereocenters. The summed E-state index contributed by atoms with van der Waals surface area (Å²) in [6.45, 7) is 9.34. The molecule has 28 heavy (non-hydrogen) atoms. The van der Waals surface area contributed by atoms with Crippen molar-refractivity contribution in [2.24, 2.45) is 0 Å². The molecule has 0 saturated heterocycles. The lowest BCUT2D eigenvalue weighted by molar-refractivity contribution is -0.131. The third-order valence-electron chi connectivity index (χ3n) is 3.34. The first-order chi connectivity index (χ1) is 13.2. The predicted octanol–water partition coefficient (Wildman–Crippen LogP) is 6.23. The van der Waals surface area contributed by atoms with Crippen LogP contribution < -0.4 is 0 Å². The Labute approximate surface area is 168 Å². The van der Waals surface area contributed by atoms with E-state index in [9.17, 15) is 9.59 Å². The first-order valence-electron chi connectivity index (χ1n) is 9.02. The van der Waals surface area contributed by atoms with Crippen LogP contribution in [0.4, 0.5) is 0 Å². The van der Waals surface area contributed by atoms with Crippen molar-refractivity contribution in [2.45, 2.75) is 34.6 Å². The maximum absolute atomic E-state index is 10.9. The van der Waals surface area contributed by atoms with E-state index >= 15 is 0 Å². The van der Waals surface area contributed by atoms with Gasteiger partial charge in [0.1, 0.15) is 0 Å². The molecule has 0 spiro atoms. The normalized spacial score (nSPS) is 15.2. The molecule has 0 atom stereocenters. The van der Waals surface area contributed by atoms with Crippen LogP contribution in [0.5, 0.6) is 0 Å². The number of carboxylic acid groups (broad SMARTS) is 1. The van der Waals surface area contributed by atoms with E-state index in [1.807, 2.05) is 88.5 Å². The number of carboxylic acids is 1. The molecule has 0 aromatic carbocycles. The predicted molar refractivity (Wildman–Crippen MR) is 119 cm³/mol. The molecule has 0 heterocycles. The van der Waals surface area contributed by atoms with Gasteiger partial charge >= 0.3 is 5.97 Å². The van der Waals surface area contributed by atoms with Gasteiger partial charge in [-0.15, -0.1) is 0 Å². The molecule has 3 heteroatoms. The van der Waals surface area contributed by atoms with Crippen LogP contribution in [0.15, 0.2) is 107 Å². The fraction of sp³-hybridized carbons (Fsp3) is 0.200. The Morgan fingerprint density at radius 3 is 1.25 bits per heavy atom. The second-order valence-corrected chi connectivity index (χ2v) is 6.36. The Bertz CT molecular complexity index is 737. The number of hydrogen-bond acceptors (Lipinski definition) is 2. The van der Waals surface area contributed by atoms with Crippen LogP contribution in [0.3, 0.4) is 0 Å². The van der Waals surface area contributed by atoms with Crippen molar-refractivity contribution in [3.63, 3.8) is 0 Å². The molecule has 0 aliphatic heterocycles. The maximum Gasteiger partial charge on any atom is 0.328 e. The molecule has 1 N–H and O–H groups in total. The van der Waals surface area contributed by atoms with Gasteiger partial charge in [-0.3, -0.25) is 4.79 Å². The van der Waals surface area contributed by atoms with Crippen LogP contribution in [0, 0.1) is 0 Å². The van der Waals surface area contributed by atoms with Crippen molar-refractivity contribution in [3.8, 4) is 0 Å². The minimum Gasteiger partial charge on any atom is -0.478 e. The van der Waals surface area contributed by atoms with Gasteiger partial charge < -0.3 is 5.11 Å². The molecule has 0 bridgehead atoms. The summed E-state index contributed by atoms with van der Waals surface area (Å²) in [4.78, 5) is 21.3. The monoisotopic (exact) mass is 378 g/mol. The highest BCUT2D eigenvalue weighted by atomic mass is 16.4. The van der Waals surface area contributed by atoms with Gasteiger partial charge in [-0.25, -0.2) is 4.79 Å². The van der Waals surface area contributed by atoms with Gasteiger partial charge in [0.05, 0.1) is 0 Å². The molecule has 0 saturated carbocycles. The Hall–Kier alpha value is -3.20. The Kier molecular flexibility index (Phi) is 13.2. The van der Waals surface area contributed by atoms with Crippen molar-refractivity contribution in [3.05, 3.63) is 107 Å². The molecule has 3 nitrogen and oxygen atoms in total. The molecule has 0 amide bonds. The van der Waals surface area contributed by atoms with E-state index in [0.717, 1.165) is 28.4 Å². The molecular weight excluding hydrogens is 348 g/mol. The van der Waals surface area contributed by atoms with E-state index in [4.69, 9.17) is 5.11 Å². The number of carbonyl (C=O) groups excluding carboxylic acids is 1. The van der Waals surface area contributed by atoms with E-state index in [-0.39, 0.29) is 5.78 Å². The molecule has 0 aromatic rings. The fourth-order valence-electron chi connectivity index (χ4n) is 1.79. The number of allylic oxidation sites excluding steroid dienone is 17. The van der Waals surface area contributed by atoms with Gasteiger partial charge in [-0.1, -0.05) is 95.2 Å². The zero-order valence-corrected chi connectivity index (χ0v) is 17.3. The summed E-state index contributed by atoms with van der Waals surface area (Å²) in [5.41, 5.74) is 4.08. The van der Waals surface area contributed by atoms with E-state index < -0.39 is 5.97 Å². The Morgan fingerprint density at radius 2 is 0.857 bits per heavy atom. The Morgan fingerprint density at radius 1 is 0.500 bits per heavy atom. The molecule has 0 radical (unpaired) electrons. The number of ketones is 1. The standard InChI is InChI=1S/C25H30O3/c1-20(12-8-14-22(3)16-18-24(5)26)10-6-7-11-21(2)13-9-15-23(4)17-19-25(27)28/h6-19H,1-5H3,(H,27,28)/b7-6+,12-8+,13-9+,18-16+,19-17+,20-10+,21-11+,22-14-,23-15+. The maximum atomic E-state index is 10.9. The third-order valence-corrected chi connectivity index (χ3v) is 3.34.